The van der Waals surface area contributed by atoms with E-state index in [0.717, 1.165) is 12.1 Å². The van der Waals surface area contributed by atoms with Gasteiger partial charge in [0.05, 0.1) is 30.3 Å². The molecule has 0 radical (unpaired) electrons. The summed E-state index contributed by atoms with van der Waals surface area (Å²) >= 11 is 0. The van der Waals surface area contributed by atoms with E-state index in [4.69, 9.17) is 10.00 Å². The van der Waals surface area contributed by atoms with Crippen LogP contribution in [0, 0.1) is 18.3 Å². The summed E-state index contributed by atoms with van der Waals surface area (Å²) in [6.07, 6.45) is 2.26. The zero-order valence-electron chi connectivity index (χ0n) is 15.2. The monoisotopic (exact) mass is 354 g/mol. The maximum atomic E-state index is 12.5. The number of nitriles is 1. The fourth-order valence-corrected chi connectivity index (χ4v) is 2.61. The molecule has 1 aromatic carbocycles. The van der Waals surface area contributed by atoms with Gasteiger partial charge in [0.1, 0.15) is 12.1 Å². The lowest BCUT2D eigenvalue weighted by Crippen LogP contribution is -2.32. The van der Waals surface area contributed by atoms with Crippen molar-refractivity contribution in [2.75, 3.05) is 19.7 Å². The van der Waals surface area contributed by atoms with Crippen LogP contribution in [0.2, 0.25) is 0 Å². The lowest BCUT2D eigenvalue weighted by Gasteiger charge is -2.18. The second-order valence-corrected chi connectivity index (χ2v) is 5.71. The summed E-state index contributed by atoms with van der Waals surface area (Å²) in [5, 5.41) is 13.1. The number of nitrogens with zero attached hydrogens (tertiary/aromatic N) is 4. The van der Waals surface area contributed by atoms with Gasteiger partial charge in [0.15, 0.2) is 0 Å². The van der Waals surface area contributed by atoms with Crippen LogP contribution in [0.5, 0.6) is 0 Å². The van der Waals surface area contributed by atoms with E-state index in [1.54, 1.807) is 42.8 Å². The van der Waals surface area contributed by atoms with E-state index >= 15 is 0 Å². The Morgan fingerprint density at radius 1 is 1.27 bits per heavy atom. The number of aromatic nitrogens is 2. The molecular weight excluding hydrogens is 332 g/mol. The summed E-state index contributed by atoms with van der Waals surface area (Å²) in [6, 6.07) is 8.94. The molecule has 1 heterocycles. The Kier molecular flexibility index (Phi) is 6.50. The van der Waals surface area contributed by atoms with Crippen molar-refractivity contribution in [1.82, 2.24) is 14.7 Å². The van der Waals surface area contributed by atoms with Crippen LogP contribution in [0.4, 0.5) is 0 Å². The van der Waals surface area contributed by atoms with Gasteiger partial charge in [0, 0.05) is 12.1 Å². The number of hydrogen-bond acceptors (Lipinski definition) is 5. The SMILES string of the molecule is CCCN(CC#N)C(=O)c1ccc(-n2ncc(C(=O)OCC)c2C)cc1. The topological polar surface area (TPSA) is 88.2 Å². The number of rotatable bonds is 7. The third-order valence-electron chi connectivity index (χ3n) is 3.91. The molecule has 2 aromatic rings. The highest BCUT2D eigenvalue weighted by Crippen LogP contribution is 2.16. The second kappa shape index (κ2) is 8.81. The van der Waals surface area contributed by atoms with E-state index < -0.39 is 5.97 Å². The second-order valence-electron chi connectivity index (χ2n) is 5.71. The molecule has 7 nitrogen and oxygen atoms in total. The smallest absolute Gasteiger partial charge is 0.341 e. The van der Waals surface area contributed by atoms with Crippen molar-refractivity contribution < 1.29 is 14.3 Å². The van der Waals surface area contributed by atoms with Gasteiger partial charge >= 0.3 is 5.97 Å². The molecule has 0 N–H and O–H groups in total. The summed E-state index contributed by atoms with van der Waals surface area (Å²) < 4.78 is 6.64. The van der Waals surface area contributed by atoms with Gasteiger partial charge in [-0.05, 0) is 44.5 Å². The van der Waals surface area contributed by atoms with E-state index in [1.807, 2.05) is 13.0 Å². The fraction of sp³-hybridized carbons (Fsp3) is 0.368. The van der Waals surface area contributed by atoms with Crippen LogP contribution in [-0.4, -0.2) is 46.3 Å². The number of esters is 1. The van der Waals surface area contributed by atoms with Crippen LogP contribution in [0.3, 0.4) is 0 Å². The number of benzene rings is 1. The van der Waals surface area contributed by atoms with Crippen LogP contribution < -0.4 is 0 Å². The van der Waals surface area contributed by atoms with E-state index in [-0.39, 0.29) is 12.5 Å². The number of hydrogen-bond donors (Lipinski definition) is 0. The molecule has 0 aliphatic rings. The minimum absolute atomic E-state index is 0.0651. The average molecular weight is 354 g/mol. The summed E-state index contributed by atoms with van der Waals surface area (Å²) in [5.41, 5.74) is 2.32. The molecule has 1 amide bonds. The predicted molar refractivity (Wildman–Crippen MR) is 96.1 cm³/mol. The van der Waals surface area contributed by atoms with Crippen molar-refractivity contribution in [2.45, 2.75) is 27.2 Å². The predicted octanol–water partition coefficient (Wildman–Crippen LogP) is 2.73. The molecule has 136 valence electrons. The molecule has 0 spiro atoms. The number of ether oxygens (including phenoxy) is 1. The molecule has 26 heavy (non-hydrogen) atoms. The first kappa shape index (κ1) is 19.2. The normalized spacial score (nSPS) is 10.2. The minimum atomic E-state index is -0.408. The number of carbonyl (C=O) groups is 2. The molecule has 1 aromatic heterocycles. The molecule has 0 bridgehead atoms. The highest BCUT2D eigenvalue weighted by Gasteiger charge is 2.17. The van der Waals surface area contributed by atoms with E-state index in [0.29, 0.717) is 30.0 Å². The molecule has 0 aliphatic carbocycles. The Hall–Kier alpha value is -3.14. The summed E-state index contributed by atoms with van der Waals surface area (Å²) in [6.45, 7) is 6.40. The Labute approximate surface area is 152 Å². The van der Waals surface area contributed by atoms with Gasteiger partial charge in [0.2, 0.25) is 0 Å². The van der Waals surface area contributed by atoms with Crippen LogP contribution >= 0.6 is 0 Å². The van der Waals surface area contributed by atoms with Crippen LogP contribution in [0.15, 0.2) is 30.5 Å². The first-order chi connectivity index (χ1) is 12.5. The van der Waals surface area contributed by atoms with Crippen molar-refractivity contribution in [1.29, 1.82) is 5.26 Å². The van der Waals surface area contributed by atoms with Crippen molar-refractivity contribution >= 4 is 11.9 Å². The average Bonchev–Trinajstić information content (AvgIpc) is 3.03. The minimum Gasteiger partial charge on any atom is -0.462 e. The Morgan fingerprint density at radius 3 is 2.54 bits per heavy atom. The molecule has 0 unspecified atom stereocenters. The third kappa shape index (κ3) is 4.09. The molecule has 0 atom stereocenters. The standard InChI is InChI=1S/C19H22N4O3/c1-4-11-22(12-10-20)18(24)15-6-8-16(9-7-15)23-14(3)17(13-21-23)19(25)26-5-2/h6-9,13H,4-5,11-12H2,1-3H3. The first-order valence-electron chi connectivity index (χ1n) is 8.51. The van der Waals surface area contributed by atoms with Crippen LogP contribution in [0.25, 0.3) is 5.69 Å². The lowest BCUT2D eigenvalue weighted by atomic mass is 10.1. The largest absolute Gasteiger partial charge is 0.462 e. The molecule has 2 rings (SSSR count). The molecular formula is C19H22N4O3. The van der Waals surface area contributed by atoms with Crippen molar-refractivity contribution in [3.05, 3.63) is 47.3 Å². The Morgan fingerprint density at radius 2 is 1.96 bits per heavy atom. The quantitative estimate of drug-likeness (QED) is 0.563. The van der Waals surface area contributed by atoms with Crippen molar-refractivity contribution in [3.8, 4) is 11.8 Å². The van der Waals surface area contributed by atoms with Crippen LogP contribution in [-0.2, 0) is 4.74 Å². The third-order valence-corrected chi connectivity index (χ3v) is 3.91. The molecule has 0 fully saturated rings. The van der Waals surface area contributed by atoms with E-state index in [1.165, 1.54) is 11.1 Å². The van der Waals surface area contributed by atoms with Gasteiger partial charge < -0.3 is 9.64 Å². The molecule has 7 heteroatoms. The van der Waals surface area contributed by atoms with Gasteiger partial charge in [-0.1, -0.05) is 6.92 Å². The van der Waals surface area contributed by atoms with Gasteiger partial charge in [-0.15, -0.1) is 0 Å². The summed E-state index contributed by atoms with van der Waals surface area (Å²) in [4.78, 5) is 25.9. The van der Waals surface area contributed by atoms with Gasteiger partial charge in [-0.25, -0.2) is 9.48 Å². The molecule has 0 aliphatic heterocycles. The van der Waals surface area contributed by atoms with Crippen LogP contribution in [0.1, 0.15) is 46.7 Å². The van der Waals surface area contributed by atoms with Gasteiger partial charge in [-0.2, -0.15) is 10.4 Å². The maximum Gasteiger partial charge on any atom is 0.341 e. The van der Waals surface area contributed by atoms with Crippen molar-refractivity contribution in [2.24, 2.45) is 0 Å². The maximum absolute atomic E-state index is 12.5. The Balaban J connectivity index is 2.23. The van der Waals surface area contributed by atoms with Crippen molar-refractivity contribution in [3.63, 3.8) is 0 Å². The lowest BCUT2D eigenvalue weighted by molar-refractivity contribution is 0.0525. The zero-order chi connectivity index (χ0) is 19.1. The number of amides is 1. The number of carbonyl (C=O) groups excluding carboxylic acids is 2. The summed E-state index contributed by atoms with van der Waals surface area (Å²) in [7, 11) is 0. The Bertz CT molecular complexity index is 818. The van der Waals surface area contributed by atoms with E-state index in [9.17, 15) is 9.59 Å². The first-order valence-corrected chi connectivity index (χ1v) is 8.51. The summed E-state index contributed by atoms with van der Waals surface area (Å²) in [5.74, 6) is -0.584. The van der Waals surface area contributed by atoms with Gasteiger partial charge in [0.25, 0.3) is 5.91 Å². The highest BCUT2D eigenvalue weighted by molar-refractivity contribution is 5.94. The van der Waals surface area contributed by atoms with E-state index in [2.05, 4.69) is 5.10 Å². The zero-order valence-corrected chi connectivity index (χ0v) is 15.2. The molecule has 0 saturated carbocycles. The molecule has 0 saturated heterocycles. The highest BCUT2D eigenvalue weighted by atomic mass is 16.5. The fourth-order valence-electron chi connectivity index (χ4n) is 2.61. The van der Waals surface area contributed by atoms with Gasteiger partial charge in [-0.3, -0.25) is 4.79 Å².